The van der Waals surface area contributed by atoms with E-state index in [0.717, 1.165) is 0 Å². The smallest absolute Gasteiger partial charge is 0.322 e. The topological polar surface area (TPSA) is 154 Å². The molecule has 9 nitrogen and oxygen atoms in total. The SMILES string of the molecule is NCCCC[C@H](NC(=O)[C@@H]1C[C@@H](O)CN1)C(=O)NCC(=O)O. The number of nitrogens with two attached hydrogens (primary N) is 1. The van der Waals surface area contributed by atoms with E-state index >= 15 is 0 Å². The lowest BCUT2D eigenvalue weighted by Gasteiger charge is -2.20. The number of unbranched alkanes of at least 4 members (excludes halogenated alkanes) is 1. The highest BCUT2D eigenvalue weighted by atomic mass is 16.4. The number of β-amino-alcohol motifs (C(OH)–C–C–N with tert-alkyl or cyclic N) is 1. The molecule has 9 heteroatoms. The summed E-state index contributed by atoms with van der Waals surface area (Å²) in [5, 5.41) is 25.7. The molecular formula is C13H24N4O5. The van der Waals surface area contributed by atoms with Crippen LogP contribution in [-0.4, -0.2) is 65.8 Å². The number of aliphatic hydroxyl groups is 1. The number of carbonyl (C=O) groups excluding carboxylic acids is 2. The minimum atomic E-state index is -1.15. The number of aliphatic hydroxyl groups excluding tert-OH is 1. The number of hydrogen-bond acceptors (Lipinski definition) is 6. The molecule has 22 heavy (non-hydrogen) atoms. The highest BCUT2D eigenvalue weighted by Crippen LogP contribution is 2.08. The van der Waals surface area contributed by atoms with Crippen molar-refractivity contribution in [3.63, 3.8) is 0 Å². The first-order valence-corrected chi connectivity index (χ1v) is 7.35. The van der Waals surface area contributed by atoms with Gasteiger partial charge in [-0.15, -0.1) is 0 Å². The van der Waals surface area contributed by atoms with Crippen molar-refractivity contribution in [2.75, 3.05) is 19.6 Å². The van der Waals surface area contributed by atoms with Gasteiger partial charge in [0.1, 0.15) is 12.6 Å². The number of carboxylic acids is 1. The second-order valence-corrected chi connectivity index (χ2v) is 5.31. The first kappa shape index (κ1) is 18.3. The summed E-state index contributed by atoms with van der Waals surface area (Å²) < 4.78 is 0. The summed E-state index contributed by atoms with van der Waals surface area (Å²) in [5.74, 6) is -2.06. The van der Waals surface area contributed by atoms with Crippen LogP contribution in [0.3, 0.4) is 0 Å². The van der Waals surface area contributed by atoms with Gasteiger partial charge in [-0.2, -0.15) is 0 Å². The minimum absolute atomic E-state index is 0.290. The predicted octanol–water partition coefficient (Wildman–Crippen LogP) is -2.48. The van der Waals surface area contributed by atoms with Crippen molar-refractivity contribution < 1.29 is 24.6 Å². The summed E-state index contributed by atoms with van der Waals surface area (Å²) in [6.45, 7) is 0.317. The molecule has 1 heterocycles. The Morgan fingerprint density at radius 1 is 1.32 bits per heavy atom. The molecular weight excluding hydrogens is 292 g/mol. The van der Waals surface area contributed by atoms with Crippen LogP contribution in [0.1, 0.15) is 25.7 Å². The molecule has 2 amide bonds. The third-order valence-corrected chi connectivity index (χ3v) is 3.42. The number of carboxylic acid groups (broad SMARTS) is 1. The van der Waals surface area contributed by atoms with Gasteiger partial charge in [-0.1, -0.05) is 0 Å². The van der Waals surface area contributed by atoms with Gasteiger partial charge in [-0.3, -0.25) is 14.4 Å². The Balaban J connectivity index is 2.54. The molecule has 126 valence electrons. The third kappa shape index (κ3) is 6.37. The van der Waals surface area contributed by atoms with E-state index in [4.69, 9.17) is 10.8 Å². The average molecular weight is 316 g/mol. The van der Waals surface area contributed by atoms with Crippen LogP contribution in [0.5, 0.6) is 0 Å². The van der Waals surface area contributed by atoms with Crippen molar-refractivity contribution in [1.82, 2.24) is 16.0 Å². The first-order chi connectivity index (χ1) is 10.4. The van der Waals surface area contributed by atoms with Crippen LogP contribution >= 0.6 is 0 Å². The summed E-state index contributed by atoms with van der Waals surface area (Å²) in [6, 6.07) is -1.35. The average Bonchev–Trinajstić information content (AvgIpc) is 2.90. The lowest BCUT2D eigenvalue weighted by molar-refractivity contribution is -0.138. The van der Waals surface area contributed by atoms with Gasteiger partial charge in [0.15, 0.2) is 0 Å². The van der Waals surface area contributed by atoms with Crippen molar-refractivity contribution in [1.29, 1.82) is 0 Å². The van der Waals surface area contributed by atoms with Gasteiger partial charge in [-0.25, -0.2) is 0 Å². The molecule has 0 unspecified atom stereocenters. The van der Waals surface area contributed by atoms with Crippen molar-refractivity contribution >= 4 is 17.8 Å². The summed E-state index contributed by atoms with van der Waals surface area (Å²) in [5.41, 5.74) is 5.40. The molecule has 7 N–H and O–H groups in total. The van der Waals surface area contributed by atoms with Crippen LogP contribution in [-0.2, 0) is 14.4 Å². The lowest BCUT2D eigenvalue weighted by atomic mass is 10.1. The summed E-state index contributed by atoms with van der Waals surface area (Å²) in [4.78, 5) is 34.5. The fourth-order valence-electron chi connectivity index (χ4n) is 2.24. The summed E-state index contributed by atoms with van der Waals surface area (Å²) in [6.07, 6.45) is 1.44. The zero-order valence-electron chi connectivity index (χ0n) is 12.4. The van der Waals surface area contributed by atoms with E-state index in [1.165, 1.54) is 0 Å². The Kier molecular flexibility index (Phi) is 7.78. The van der Waals surface area contributed by atoms with Crippen LogP contribution in [0, 0.1) is 0 Å². The molecule has 1 fully saturated rings. The van der Waals surface area contributed by atoms with E-state index in [9.17, 15) is 19.5 Å². The molecule has 0 aromatic rings. The largest absolute Gasteiger partial charge is 0.480 e. The molecule has 0 spiro atoms. The Labute approximate surface area is 128 Å². The predicted molar refractivity (Wildman–Crippen MR) is 77.9 cm³/mol. The number of rotatable bonds is 9. The number of hydrogen-bond donors (Lipinski definition) is 6. The van der Waals surface area contributed by atoms with E-state index < -0.39 is 36.6 Å². The van der Waals surface area contributed by atoms with E-state index in [2.05, 4.69) is 16.0 Å². The second kappa shape index (κ2) is 9.34. The van der Waals surface area contributed by atoms with Gasteiger partial charge in [0, 0.05) is 6.54 Å². The number of carbonyl (C=O) groups is 3. The maximum atomic E-state index is 12.1. The normalized spacial score (nSPS) is 22.1. The second-order valence-electron chi connectivity index (χ2n) is 5.31. The van der Waals surface area contributed by atoms with Gasteiger partial charge in [0.05, 0.1) is 12.1 Å². The zero-order valence-corrected chi connectivity index (χ0v) is 12.4. The van der Waals surface area contributed by atoms with Gasteiger partial charge < -0.3 is 31.9 Å². The van der Waals surface area contributed by atoms with Crippen molar-refractivity contribution in [3.8, 4) is 0 Å². The molecule has 1 aliphatic rings. The van der Waals surface area contributed by atoms with E-state index in [1.54, 1.807) is 0 Å². The molecule has 1 rings (SSSR count). The quantitative estimate of drug-likeness (QED) is 0.257. The van der Waals surface area contributed by atoms with Crippen LogP contribution in [0.2, 0.25) is 0 Å². The van der Waals surface area contributed by atoms with Gasteiger partial charge in [0.2, 0.25) is 11.8 Å². The maximum absolute atomic E-state index is 12.1. The highest BCUT2D eigenvalue weighted by Gasteiger charge is 2.30. The van der Waals surface area contributed by atoms with Crippen LogP contribution < -0.4 is 21.7 Å². The van der Waals surface area contributed by atoms with Crippen molar-refractivity contribution in [2.24, 2.45) is 5.73 Å². The molecule has 3 atom stereocenters. The van der Waals surface area contributed by atoms with Crippen LogP contribution in [0.4, 0.5) is 0 Å². The Morgan fingerprint density at radius 2 is 2.05 bits per heavy atom. The number of nitrogens with one attached hydrogen (secondary N) is 3. The number of aliphatic carboxylic acids is 1. The van der Waals surface area contributed by atoms with Gasteiger partial charge in [-0.05, 0) is 32.2 Å². The lowest BCUT2D eigenvalue weighted by Crippen LogP contribution is -2.52. The zero-order chi connectivity index (χ0) is 16.5. The summed E-state index contributed by atoms with van der Waals surface area (Å²) in [7, 11) is 0. The molecule has 0 aromatic heterocycles. The fraction of sp³-hybridized carbons (Fsp3) is 0.769. The van der Waals surface area contributed by atoms with Gasteiger partial charge in [0.25, 0.3) is 0 Å². The molecule has 1 aliphatic heterocycles. The molecule has 0 bridgehead atoms. The summed E-state index contributed by atoms with van der Waals surface area (Å²) >= 11 is 0. The van der Waals surface area contributed by atoms with Gasteiger partial charge >= 0.3 is 5.97 Å². The monoisotopic (exact) mass is 316 g/mol. The molecule has 0 radical (unpaired) electrons. The van der Waals surface area contributed by atoms with Crippen LogP contribution in [0.15, 0.2) is 0 Å². The van der Waals surface area contributed by atoms with E-state index in [0.29, 0.717) is 32.4 Å². The minimum Gasteiger partial charge on any atom is -0.480 e. The van der Waals surface area contributed by atoms with Crippen molar-refractivity contribution in [3.05, 3.63) is 0 Å². The molecule has 1 saturated heterocycles. The molecule has 0 aromatic carbocycles. The first-order valence-electron chi connectivity index (χ1n) is 7.35. The Morgan fingerprint density at radius 3 is 2.59 bits per heavy atom. The highest BCUT2D eigenvalue weighted by molar-refractivity contribution is 5.91. The Hall–Kier alpha value is -1.71. The van der Waals surface area contributed by atoms with E-state index in [-0.39, 0.29) is 12.3 Å². The standard InChI is InChI=1S/C13H24N4O5/c14-4-2-1-3-9(12(21)16-7-11(19)20)17-13(22)10-5-8(18)6-15-10/h8-10,15,18H,1-7,14H2,(H,16,21)(H,17,22)(H,19,20)/t8-,9+,10+/m1/s1. The molecule has 0 aliphatic carbocycles. The maximum Gasteiger partial charge on any atom is 0.322 e. The Bertz CT molecular complexity index is 404. The van der Waals surface area contributed by atoms with E-state index in [1.807, 2.05) is 0 Å². The molecule has 0 saturated carbocycles. The third-order valence-electron chi connectivity index (χ3n) is 3.42. The van der Waals surface area contributed by atoms with Crippen LogP contribution in [0.25, 0.3) is 0 Å². The number of amides is 2. The van der Waals surface area contributed by atoms with Crippen molar-refractivity contribution in [2.45, 2.75) is 43.9 Å². The fourth-order valence-corrected chi connectivity index (χ4v) is 2.24.